The highest BCUT2D eigenvalue weighted by molar-refractivity contribution is 7.18. The maximum atomic E-state index is 12.7. The Labute approximate surface area is 184 Å². The molecule has 0 unspecified atom stereocenters. The van der Waals surface area contributed by atoms with Crippen LogP contribution in [0.4, 0.5) is 4.79 Å². The highest BCUT2D eigenvalue weighted by Gasteiger charge is 2.40. The number of nitrogens with one attached hydrogen (secondary N) is 1. The summed E-state index contributed by atoms with van der Waals surface area (Å²) in [5.41, 5.74) is 0.937. The number of esters is 1. The molecule has 9 heteroatoms. The van der Waals surface area contributed by atoms with Gasteiger partial charge in [-0.1, -0.05) is 13.3 Å². The average molecular weight is 448 g/mol. The predicted octanol–water partition coefficient (Wildman–Crippen LogP) is 3.67. The van der Waals surface area contributed by atoms with Crippen LogP contribution in [0.25, 0.3) is 10.2 Å². The number of hydrogen-bond acceptors (Lipinski definition) is 7. The van der Waals surface area contributed by atoms with E-state index in [-0.39, 0.29) is 29.5 Å². The van der Waals surface area contributed by atoms with Crippen LogP contribution in [0.2, 0.25) is 0 Å². The zero-order valence-electron chi connectivity index (χ0n) is 18.1. The van der Waals surface area contributed by atoms with Gasteiger partial charge in [0.1, 0.15) is 4.83 Å². The molecule has 168 valence electrons. The fourth-order valence-corrected chi connectivity index (χ4v) is 6.01. The third-order valence-electron chi connectivity index (χ3n) is 6.46. The van der Waals surface area contributed by atoms with Gasteiger partial charge in [0.25, 0.3) is 5.56 Å². The number of carbonyl (C=O) groups excluding carboxylic acids is 2. The number of unbranched alkanes of at least 4 members (excludes halogenated alkanes) is 1. The number of hydrogen-bond donors (Lipinski definition) is 1. The normalized spacial score (nSPS) is 17.5. The number of thiophene rings is 1. The van der Waals surface area contributed by atoms with E-state index in [9.17, 15) is 14.4 Å². The number of likely N-dealkylation sites (tertiary alicyclic amines) is 1. The van der Waals surface area contributed by atoms with Crippen molar-refractivity contribution in [1.29, 1.82) is 0 Å². The average Bonchev–Trinajstić information content (AvgIpc) is 3.12. The Kier molecular flexibility index (Phi) is 6.31. The summed E-state index contributed by atoms with van der Waals surface area (Å²) in [5.74, 6) is -0.648. The molecule has 2 aromatic heterocycles. The van der Waals surface area contributed by atoms with Gasteiger partial charge in [0.05, 0.1) is 18.6 Å². The third kappa shape index (κ3) is 4.33. The lowest BCUT2D eigenvalue weighted by atomic mass is 9.68. The second-order valence-electron chi connectivity index (χ2n) is 8.45. The first-order valence-corrected chi connectivity index (χ1v) is 11.9. The topological polar surface area (TPSA) is 102 Å². The van der Waals surface area contributed by atoms with Gasteiger partial charge in [0.2, 0.25) is 5.82 Å². The van der Waals surface area contributed by atoms with Gasteiger partial charge in [-0.3, -0.25) is 4.79 Å². The van der Waals surface area contributed by atoms with E-state index in [4.69, 9.17) is 9.47 Å². The minimum atomic E-state index is -0.609. The Bertz CT molecular complexity index is 1040. The molecule has 0 radical (unpaired) electrons. The number of amides is 1. The van der Waals surface area contributed by atoms with Crippen LogP contribution >= 0.6 is 11.3 Å². The zero-order valence-corrected chi connectivity index (χ0v) is 18.9. The molecule has 2 aromatic rings. The van der Waals surface area contributed by atoms with Crippen molar-refractivity contribution >= 4 is 33.6 Å². The Hall–Kier alpha value is -2.42. The fraction of sp³-hybridized carbons (Fsp3) is 0.636. The summed E-state index contributed by atoms with van der Waals surface area (Å²) in [6.07, 6.45) is 6.25. The predicted molar refractivity (Wildman–Crippen MR) is 118 cm³/mol. The standard InChI is InChI=1S/C22H29N3O5S/c1-3-5-12-30-21(28)25-10-8-22(9-11-25)7-6-14-15(13-22)31-19-16(14)18(26)23-17(24-19)20(27)29-4-2/h3-13H2,1-2H3,(H,23,24,26). The summed E-state index contributed by atoms with van der Waals surface area (Å²) in [6, 6.07) is 0. The summed E-state index contributed by atoms with van der Waals surface area (Å²) in [5, 5.41) is 0.611. The van der Waals surface area contributed by atoms with Crippen molar-refractivity contribution in [1.82, 2.24) is 14.9 Å². The molecule has 0 bridgehead atoms. The van der Waals surface area contributed by atoms with Crippen molar-refractivity contribution in [3.8, 4) is 0 Å². The number of ether oxygens (including phenoxy) is 2. The van der Waals surface area contributed by atoms with Crippen molar-refractivity contribution in [2.45, 2.75) is 58.8 Å². The first-order valence-electron chi connectivity index (χ1n) is 11.1. The van der Waals surface area contributed by atoms with E-state index >= 15 is 0 Å². The number of aromatic nitrogens is 2. The number of rotatable bonds is 5. The molecule has 1 saturated heterocycles. The summed E-state index contributed by atoms with van der Waals surface area (Å²) in [6.45, 7) is 5.91. The number of fused-ring (bicyclic) bond motifs is 3. The van der Waals surface area contributed by atoms with Gasteiger partial charge < -0.3 is 19.4 Å². The first-order chi connectivity index (χ1) is 15.0. The highest BCUT2D eigenvalue weighted by Crippen LogP contribution is 2.47. The van der Waals surface area contributed by atoms with Gasteiger partial charge in [-0.25, -0.2) is 14.6 Å². The Morgan fingerprint density at radius 1 is 1.19 bits per heavy atom. The van der Waals surface area contributed by atoms with Crippen molar-refractivity contribution in [2.24, 2.45) is 5.41 Å². The zero-order chi connectivity index (χ0) is 22.0. The van der Waals surface area contributed by atoms with Crippen LogP contribution in [0, 0.1) is 5.41 Å². The second kappa shape index (κ2) is 8.98. The van der Waals surface area contributed by atoms with Crippen LogP contribution in [0.1, 0.15) is 67.0 Å². The lowest BCUT2D eigenvalue weighted by Crippen LogP contribution is -2.45. The summed E-state index contributed by atoms with van der Waals surface area (Å²) in [7, 11) is 0. The molecule has 1 amide bonds. The Morgan fingerprint density at radius 2 is 1.97 bits per heavy atom. The lowest BCUT2D eigenvalue weighted by molar-refractivity contribution is 0.0511. The number of aromatic amines is 1. The summed E-state index contributed by atoms with van der Waals surface area (Å²) >= 11 is 1.51. The maximum absolute atomic E-state index is 12.7. The number of nitrogens with zero attached hydrogens (tertiary/aromatic N) is 2. The number of H-pyrrole nitrogens is 1. The van der Waals surface area contributed by atoms with E-state index in [2.05, 4.69) is 16.9 Å². The van der Waals surface area contributed by atoms with Crippen LogP contribution in [0.3, 0.4) is 0 Å². The molecule has 1 N–H and O–H groups in total. The maximum Gasteiger partial charge on any atom is 0.409 e. The number of piperidine rings is 1. The monoisotopic (exact) mass is 447 g/mol. The van der Waals surface area contributed by atoms with E-state index in [0.717, 1.165) is 50.5 Å². The molecule has 0 saturated carbocycles. The summed E-state index contributed by atoms with van der Waals surface area (Å²) < 4.78 is 10.3. The minimum absolute atomic E-state index is 0.0393. The Morgan fingerprint density at radius 3 is 2.68 bits per heavy atom. The van der Waals surface area contributed by atoms with Gasteiger partial charge >= 0.3 is 12.1 Å². The second-order valence-corrected chi connectivity index (χ2v) is 9.53. The quantitative estimate of drug-likeness (QED) is 0.554. The van der Waals surface area contributed by atoms with Crippen LogP contribution in [0.15, 0.2) is 4.79 Å². The molecule has 3 heterocycles. The molecule has 0 aromatic carbocycles. The van der Waals surface area contributed by atoms with E-state index < -0.39 is 5.97 Å². The van der Waals surface area contributed by atoms with Crippen molar-refractivity contribution in [2.75, 3.05) is 26.3 Å². The Balaban J connectivity index is 1.49. The van der Waals surface area contributed by atoms with Crippen molar-refractivity contribution < 1.29 is 19.1 Å². The molecule has 8 nitrogen and oxygen atoms in total. The lowest BCUT2D eigenvalue weighted by Gasteiger charge is -2.43. The fourth-order valence-electron chi connectivity index (χ4n) is 4.62. The molecule has 1 aliphatic heterocycles. The molecule has 31 heavy (non-hydrogen) atoms. The molecule has 0 atom stereocenters. The minimum Gasteiger partial charge on any atom is -0.460 e. The highest BCUT2D eigenvalue weighted by atomic mass is 32.1. The van der Waals surface area contributed by atoms with Crippen LogP contribution in [0.5, 0.6) is 0 Å². The smallest absolute Gasteiger partial charge is 0.409 e. The van der Waals surface area contributed by atoms with Crippen LogP contribution in [-0.2, 0) is 22.3 Å². The third-order valence-corrected chi connectivity index (χ3v) is 7.59. The molecular formula is C22H29N3O5S. The van der Waals surface area contributed by atoms with Crippen molar-refractivity contribution in [3.05, 3.63) is 26.6 Å². The SMILES string of the molecule is CCCCOC(=O)N1CCC2(CCc3c(sc4nc(C(=O)OCC)[nH]c(=O)c34)C2)CC1. The van der Waals surface area contributed by atoms with Gasteiger partial charge in [-0.15, -0.1) is 11.3 Å². The van der Waals surface area contributed by atoms with Gasteiger partial charge in [0, 0.05) is 18.0 Å². The van der Waals surface area contributed by atoms with E-state index in [1.807, 2.05) is 4.90 Å². The number of carbonyl (C=O) groups is 2. The molecule has 1 fully saturated rings. The summed E-state index contributed by atoms with van der Waals surface area (Å²) in [4.78, 5) is 47.5. The van der Waals surface area contributed by atoms with Crippen LogP contribution < -0.4 is 5.56 Å². The molecular weight excluding hydrogens is 418 g/mol. The number of aryl methyl sites for hydroxylation is 1. The van der Waals surface area contributed by atoms with E-state index in [0.29, 0.717) is 29.9 Å². The van der Waals surface area contributed by atoms with Gasteiger partial charge in [-0.05, 0) is 56.4 Å². The molecule has 2 aliphatic rings. The van der Waals surface area contributed by atoms with Crippen molar-refractivity contribution in [3.63, 3.8) is 0 Å². The largest absolute Gasteiger partial charge is 0.460 e. The molecule has 1 aliphatic carbocycles. The van der Waals surface area contributed by atoms with E-state index in [1.54, 1.807) is 6.92 Å². The van der Waals surface area contributed by atoms with E-state index in [1.165, 1.54) is 16.2 Å². The molecule has 1 spiro atoms. The van der Waals surface area contributed by atoms with Gasteiger partial charge in [0.15, 0.2) is 0 Å². The van der Waals surface area contributed by atoms with Gasteiger partial charge in [-0.2, -0.15) is 0 Å². The first kappa shape index (κ1) is 21.8. The molecule has 4 rings (SSSR count). The van der Waals surface area contributed by atoms with Crippen LogP contribution in [-0.4, -0.2) is 53.2 Å².